The van der Waals surface area contributed by atoms with Crippen LogP contribution in [0.5, 0.6) is 5.75 Å². The molecule has 1 aromatic heterocycles. The molecular formula is C20H18ClN3O4. The number of rotatable bonds is 5. The number of amides is 1. The quantitative estimate of drug-likeness (QED) is 0.655. The molecule has 1 fully saturated rings. The normalized spacial score (nSPS) is 14.1. The molecule has 0 atom stereocenters. The van der Waals surface area contributed by atoms with Crippen LogP contribution in [0.1, 0.15) is 0 Å². The number of ether oxygens (including phenoxy) is 2. The molecule has 2 heterocycles. The van der Waals surface area contributed by atoms with Gasteiger partial charge >= 0.3 is 0 Å². The number of nitrogens with zero attached hydrogens (tertiary/aromatic N) is 3. The molecule has 2 aromatic carbocycles. The van der Waals surface area contributed by atoms with E-state index in [1.807, 2.05) is 30.3 Å². The summed E-state index contributed by atoms with van der Waals surface area (Å²) in [5.41, 5.74) is 1.42. The zero-order chi connectivity index (χ0) is 19.3. The maximum absolute atomic E-state index is 12.3. The molecule has 0 N–H and O–H groups in total. The van der Waals surface area contributed by atoms with Crippen molar-refractivity contribution in [1.82, 2.24) is 15.0 Å². The summed E-state index contributed by atoms with van der Waals surface area (Å²) in [6.45, 7) is 2.22. The Labute approximate surface area is 166 Å². The molecule has 0 spiro atoms. The van der Waals surface area contributed by atoms with Gasteiger partial charge in [0.25, 0.3) is 11.8 Å². The van der Waals surface area contributed by atoms with E-state index in [4.69, 9.17) is 25.6 Å². The van der Waals surface area contributed by atoms with Crippen LogP contribution in [0, 0.1) is 0 Å². The predicted molar refractivity (Wildman–Crippen MR) is 103 cm³/mol. The average Bonchev–Trinajstić information content (AvgIpc) is 3.23. The molecule has 1 aliphatic heterocycles. The molecule has 0 radical (unpaired) electrons. The smallest absolute Gasteiger partial charge is 0.260 e. The standard InChI is InChI=1S/C20H18ClN3O4/c21-15-7-5-14(6-8-15)20-22-19(23-28-20)16-3-1-2-4-17(16)27-13-18(25)24-9-11-26-12-10-24/h1-8H,9-13H2. The van der Waals surface area contributed by atoms with Gasteiger partial charge in [-0.1, -0.05) is 28.9 Å². The fourth-order valence-corrected chi connectivity index (χ4v) is 2.99. The molecule has 3 aromatic rings. The minimum atomic E-state index is -0.0759. The first-order valence-electron chi connectivity index (χ1n) is 8.88. The second-order valence-electron chi connectivity index (χ2n) is 6.21. The van der Waals surface area contributed by atoms with Gasteiger partial charge in [-0.2, -0.15) is 4.98 Å². The van der Waals surface area contributed by atoms with E-state index in [2.05, 4.69) is 10.1 Å². The highest BCUT2D eigenvalue weighted by Crippen LogP contribution is 2.30. The zero-order valence-electron chi connectivity index (χ0n) is 15.0. The van der Waals surface area contributed by atoms with Crippen molar-refractivity contribution >= 4 is 17.5 Å². The Morgan fingerprint density at radius 3 is 2.64 bits per heavy atom. The number of hydrogen-bond acceptors (Lipinski definition) is 6. The van der Waals surface area contributed by atoms with E-state index >= 15 is 0 Å². The van der Waals surface area contributed by atoms with Crippen molar-refractivity contribution < 1.29 is 18.8 Å². The number of carbonyl (C=O) groups excluding carboxylic acids is 1. The van der Waals surface area contributed by atoms with Crippen LogP contribution in [-0.4, -0.2) is 53.9 Å². The van der Waals surface area contributed by atoms with Crippen molar-refractivity contribution in [2.45, 2.75) is 0 Å². The van der Waals surface area contributed by atoms with Crippen LogP contribution in [0.3, 0.4) is 0 Å². The lowest BCUT2D eigenvalue weighted by Crippen LogP contribution is -2.43. The molecule has 8 heteroatoms. The summed E-state index contributed by atoms with van der Waals surface area (Å²) in [6.07, 6.45) is 0. The molecule has 1 saturated heterocycles. The fourth-order valence-electron chi connectivity index (χ4n) is 2.86. The third-order valence-electron chi connectivity index (χ3n) is 4.36. The Kier molecular flexibility index (Phi) is 5.55. The van der Waals surface area contributed by atoms with E-state index < -0.39 is 0 Å². The second-order valence-corrected chi connectivity index (χ2v) is 6.64. The van der Waals surface area contributed by atoms with Crippen molar-refractivity contribution in [1.29, 1.82) is 0 Å². The summed E-state index contributed by atoms with van der Waals surface area (Å²) in [7, 11) is 0. The summed E-state index contributed by atoms with van der Waals surface area (Å²) in [5.74, 6) is 1.21. The Morgan fingerprint density at radius 2 is 1.86 bits per heavy atom. The van der Waals surface area contributed by atoms with Crippen molar-refractivity contribution in [2.75, 3.05) is 32.9 Å². The number of benzene rings is 2. The van der Waals surface area contributed by atoms with Gasteiger partial charge < -0.3 is 18.9 Å². The molecule has 0 saturated carbocycles. The van der Waals surface area contributed by atoms with Crippen LogP contribution >= 0.6 is 11.6 Å². The highest BCUT2D eigenvalue weighted by molar-refractivity contribution is 6.30. The summed E-state index contributed by atoms with van der Waals surface area (Å²) < 4.78 is 16.4. The van der Waals surface area contributed by atoms with E-state index in [1.165, 1.54) is 0 Å². The highest BCUT2D eigenvalue weighted by atomic mass is 35.5. The van der Waals surface area contributed by atoms with Crippen LogP contribution in [-0.2, 0) is 9.53 Å². The predicted octanol–water partition coefficient (Wildman–Crippen LogP) is 3.29. The minimum absolute atomic E-state index is 0.0566. The van der Waals surface area contributed by atoms with Crippen LogP contribution in [0.4, 0.5) is 0 Å². The van der Waals surface area contributed by atoms with E-state index in [1.54, 1.807) is 23.1 Å². The average molecular weight is 400 g/mol. The molecule has 1 aliphatic rings. The van der Waals surface area contributed by atoms with Gasteiger partial charge in [0.1, 0.15) is 5.75 Å². The number of morpholine rings is 1. The lowest BCUT2D eigenvalue weighted by molar-refractivity contribution is -0.137. The van der Waals surface area contributed by atoms with Crippen LogP contribution in [0.15, 0.2) is 53.1 Å². The molecule has 0 aliphatic carbocycles. The number of aromatic nitrogens is 2. The first-order chi connectivity index (χ1) is 13.7. The number of para-hydroxylation sites is 1. The Bertz CT molecular complexity index is 952. The Morgan fingerprint density at radius 1 is 1.11 bits per heavy atom. The van der Waals surface area contributed by atoms with Gasteiger partial charge in [-0.25, -0.2) is 0 Å². The van der Waals surface area contributed by atoms with E-state index in [0.717, 1.165) is 5.56 Å². The van der Waals surface area contributed by atoms with Crippen molar-refractivity contribution in [3.63, 3.8) is 0 Å². The Hall–Kier alpha value is -2.90. The van der Waals surface area contributed by atoms with Gasteiger partial charge in [-0.15, -0.1) is 0 Å². The van der Waals surface area contributed by atoms with Gasteiger partial charge in [0, 0.05) is 23.7 Å². The number of carbonyl (C=O) groups is 1. The monoisotopic (exact) mass is 399 g/mol. The maximum Gasteiger partial charge on any atom is 0.260 e. The van der Waals surface area contributed by atoms with Crippen LogP contribution in [0.25, 0.3) is 22.8 Å². The first-order valence-corrected chi connectivity index (χ1v) is 9.26. The maximum atomic E-state index is 12.3. The lowest BCUT2D eigenvalue weighted by atomic mass is 10.2. The van der Waals surface area contributed by atoms with Gasteiger partial charge in [0.2, 0.25) is 5.82 Å². The minimum Gasteiger partial charge on any atom is -0.483 e. The van der Waals surface area contributed by atoms with Gasteiger partial charge in [-0.3, -0.25) is 4.79 Å². The van der Waals surface area contributed by atoms with Gasteiger partial charge in [-0.05, 0) is 36.4 Å². The summed E-state index contributed by atoms with van der Waals surface area (Å²) in [6, 6.07) is 14.4. The third-order valence-corrected chi connectivity index (χ3v) is 4.61. The molecule has 0 unspecified atom stereocenters. The number of hydrogen-bond donors (Lipinski definition) is 0. The molecule has 28 heavy (non-hydrogen) atoms. The third kappa shape index (κ3) is 4.16. The van der Waals surface area contributed by atoms with Crippen molar-refractivity contribution in [3.05, 3.63) is 53.6 Å². The van der Waals surface area contributed by atoms with E-state index in [0.29, 0.717) is 54.4 Å². The first kappa shape index (κ1) is 18.5. The second kappa shape index (κ2) is 8.41. The SMILES string of the molecule is O=C(COc1ccccc1-c1noc(-c2ccc(Cl)cc2)n1)N1CCOCC1. The lowest BCUT2D eigenvalue weighted by Gasteiger charge is -2.26. The summed E-state index contributed by atoms with van der Waals surface area (Å²) in [4.78, 5) is 18.5. The number of halogens is 1. The fraction of sp³-hybridized carbons (Fsp3) is 0.250. The van der Waals surface area contributed by atoms with Crippen LogP contribution in [0.2, 0.25) is 5.02 Å². The van der Waals surface area contributed by atoms with Gasteiger partial charge in [0.15, 0.2) is 6.61 Å². The van der Waals surface area contributed by atoms with Gasteiger partial charge in [0.05, 0.1) is 18.8 Å². The largest absolute Gasteiger partial charge is 0.483 e. The topological polar surface area (TPSA) is 77.7 Å². The van der Waals surface area contributed by atoms with Crippen molar-refractivity contribution in [2.24, 2.45) is 0 Å². The molecular weight excluding hydrogens is 382 g/mol. The Balaban J connectivity index is 1.50. The van der Waals surface area contributed by atoms with E-state index in [9.17, 15) is 4.79 Å². The molecule has 7 nitrogen and oxygen atoms in total. The zero-order valence-corrected chi connectivity index (χ0v) is 15.8. The summed E-state index contributed by atoms with van der Waals surface area (Å²) in [5, 5.41) is 4.68. The molecule has 144 valence electrons. The van der Waals surface area contributed by atoms with Crippen LogP contribution < -0.4 is 4.74 Å². The summed E-state index contributed by atoms with van der Waals surface area (Å²) >= 11 is 5.92. The highest BCUT2D eigenvalue weighted by Gasteiger charge is 2.19. The molecule has 1 amide bonds. The molecule has 4 rings (SSSR count). The molecule has 0 bridgehead atoms. The van der Waals surface area contributed by atoms with Crippen molar-refractivity contribution in [3.8, 4) is 28.6 Å². The van der Waals surface area contributed by atoms with E-state index in [-0.39, 0.29) is 12.5 Å².